The summed E-state index contributed by atoms with van der Waals surface area (Å²) in [7, 11) is 0. The minimum Gasteiger partial charge on any atom is -0.507 e. The fourth-order valence-electron chi connectivity index (χ4n) is 3.39. The van der Waals surface area contributed by atoms with E-state index in [1.54, 1.807) is 24.7 Å². The molecular formula is C20H27Cl2N7O. The Labute approximate surface area is 188 Å². The van der Waals surface area contributed by atoms with E-state index in [4.69, 9.17) is 0 Å². The molecule has 1 aliphatic heterocycles. The number of hydrogen-bond donors (Lipinski definition) is 3. The first kappa shape index (κ1) is 23.9. The Bertz CT molecular complexity index is 943. The van der Waals surface area contributed by atoms with Gasteiger partial charge in [0.05, 0.1) is 12.4 Å². The highest BCUT2D eigenvalue weighted by Crippen LogP contribution is 2.32. The number of piperazine rings is 1. The van der Waals surface area contributed by atoms with E-state index in [9.17, 15) is 5.11 Å². The molecule has 0 bridgehead atoms. The van der Waals surface area contributed by atoms with Crippen molar-refractivity contribution in [3.05, 3.63) is 36.8 Å². The summed E-state index contributed by atoms with van der Waals surface area (Å²) in [5, 5.41) is 29.3. The molecule has 0 spiro atoms. The molecule has 162 valence electrons. The summed E-state index contributed by atoms with van der Waals surface area (Å²) >= 11 is 0. The van der Waals surface area contributed by atoms with E-state index in [-0.39, 0.29) is 36.0 Å². The Morgan fingerprint density at radius 3 is 2.50 bits per heavy atom. The van der Waals surface area contributed by atoms with E-state index < -0.39 is 0 Å². The van der Waals surface area contributed by atoms with Gasteiger partial charge in [-0.2, -0.15) is 5.10 Å². The Kier molecular flexibility index (Phi) is 7.63. The van der Waals surface area contributed by atoms with Gasteiger partial charge in [0.1, 0.15) is 11.4 Å². The molecule has 3 aromatic rings. The SMILES string of the molecule is CC(C)(C)[C@H]1CN(c2ncc(-c3ccc(-c4cn[nH]c4)cc3O)nn2)CCN1.Cl.Cl. The lowest BCUT2D eigenvalue weighted by Crippen LogP contribution is -2.56. The number of phenolic OH excluding ortho intramolecular Hbond substituents is 1. The third-order valence-electron chi connectivity index (χ3n) is 5.16. The predicted molar refractivity (Wildman–Crippen MR) is 122 cm³/mol. The van der Waals surface area contributed by atoms with Crippen LogP contribution in [0.3, 0.4) is 0 Å². The van der Waals surface area contributed by atoms with Gasteiger partial charge in [0.15, 0.2) is 0 Å². The highest BCUT2D eigenvalue weighted by Gasteiger charge is 2.30. The summed E-state index contributed by atoms with van der Waals surface area (Å²) in [6, 6.07) is 5.80. The van der Waals surface area contributed by atoms with Crippen LogP contribution in [-0.4, -0.2) is 56.2 Å². The van der Waals surface area contributed by atoms with E-state index in [1.165, 1.54) is 0 Å². The van der Waals surface area contributed by atoms with E-state index in [0.29, 0.717) is 23.2 Å². The van der Waals surface area contributed by atoms with Crippen LogP contribution in [0.5, 0.6) is 5.75 Å². The number of hydrogen-bond acceptors (Lipinski definition) is 7. The Hall–Kier alpha value is -2.42. The fraction of sp³-hybridized carbons (Fsp3) is 0.400. The summed E-state index contributed by atoms with van der Waals surface area (Å²) < 4.78 is 0. The predicted octanol–water partition coefficient (Wildman–Crippen LogP) is 3.30. The molecule has 0 saturated carbocycles. The van der Waals surface area contributed by atoms with Crippen molar-refractivity contribution >= 4 is 30.8 Å². The van der Waals surface area contributed by atoms with Crippen LogP contribution in [0.2, 0.25) is 0 Å². The minimum absolute atomic E-state index is 0. The van der Waals surface area contributed by atoms with E-state index >= 15 is 0 Å². The molecule has 1 atom stereocenters. The average molecular weight is 452 g/mol. The molecule has 30 heavy (non-hydrogen) atoms. The standard InChI is InChI=1S/C20H25N7O.2ClH/c1-20(2,3)18-12-27(7-6-21-18)19-22-11-16(25-26-19)15-5-4-13(8-17(15)28)14-9-23-24-10-14;;/h4-5,8-11,18,21,28H,6-7,12H2,1-3H3,(H,23,24);2*1H/t18-;;/m1../s1. The number of aromatic amines is 1. The molecule has 0 aliphatic carbocycles. The number of halogens is 2. The topological polar surface area (TPSA) is 103 Å². The quantitative estimate of drug-likeness (QED) is 0.560. The van der Waals surface area contributed by atoms with Gasteiger partial charge in [-0.25, -0.2) is 4.98 Å². The molecular weight excluding hydrogens is 425 g/mol. The number of H-pyrrole nitrogens is 1. The normalized spacial score (nSPS) is 16.5. The summed E-state index contributed by atoms with van der Waals surface area (Å²) in [6.07, 6.45) is 5.16. The maximum absolute atomic E-state index is 10.4. The smallest absolute Gasteiger partial charge is 0.245 e. The Balaban J connectivity index is 0.00000160. The largest absolute Gasteiger partial charge is 0.507 e. The van der Waals surface area contributed by atoms with Gasteiger partial charge in [-0.3, -0.25) is 5.10 Å². The summed E-state index contributed by atoms with van der Waals surface area (Å²) in [5.41, 5.74) is 3.10. The molecule has 0 amide bonds. The lowest BCUT2D eigenvalue weighted by Gasteiger charge is -2.40. The zero-order valence-corrected chi connectivity index (χ0v) is 18.8. The highest BCUT2D eigenvalue weighted by molar-refractivity contribution is 5.85. The van der Waals surface area contributed by atoms with Gasteiger partial charge >= 0.3 is 0 Å². The molecule has 8 nitrogen and oxygen atoms in total. The maximum atomic E-state index is 10.4. The van der Waals surface area contributed by atoms with Crippen molar-refractivity contribution in [2.24, 2.45) is 5.41 Å². The average Bonchev–Trinajstić information content (AvgIpc) is 3.22. The number of benzene rings is 1. The molecule has 3 N–H and O–H groups in total. The minimum atomic E-state index is 0. The number of phenols is 1. The maximum Gasteiger partial charge on any atom is 0.245 e. The number of aromatic nitrogens is 5. The zero-order valence-electron chi connectivity index (χ0n) is 17.2. The molecule has 2 aromatic heterocycles. The second-order valence-electron chi connectivity index (χ2n) is 8.18. The summed E-state index contributed by atoms with van der Waals surface area (Å²) in [5.74, 6) is 0.756. The van der Waals surface area contributed by atoms with Crippen molar-refractivity contribution in [3.63, 3.8) is 0 Å². The number of aromatic hydroxyl groups is 1. The summed E-state index contributed by atoms with van der Waals surface area (Å²) in [4.78, 5) is 6.66. The zero-order chi connectivity index (χ0) is 19.7. The second-order valence-corrected chi connectivity index (χ2v) is 8.18. The van der Waals surface area contributed by atoms with E-state index in [0.717, 1.165) is 30.8 Å². The van der Waals surface area contributed by atoms with Crippen molar-refractivity contribution in [2.75, 3.05) is 24.5 Å². The van der Waals surface area contributed by atoms with Gasteiger partial charge < -0.3 is 15.3 Å². The van der Waals surface area contributed by atoms with Crippen molar-refractivity contribution in [3.8, 4) is 28.1 Å². The Morgan fingerprint density at radius 1 is 1.10 bits per heavy atom. The first-order chi connectivity index (χ1) is 13.4. The molecule has 10 heteroatoms. The molecule has 0 radical (unpaired) electrons. The number of anilines is 1. The van der Waals surface area contributed by atoms with Crippen LogP contribution in [0.4, 0.5) is 5.95 Å². The van der Waals surface area contributed by atoms with Crippen LogP contribution in [0.1, 0.15) is 20.8 Å². The van der Waals surface area contributed by atoms with Crippen molar-refractivity contribution < 1.29 is 5.11 Å². The van der Waals surface area contributed by atoms with Crippen LogP contribution in [-0.2, 0) is 0 Å². The molecule has 1 fully saturated rings. The molecule has 1 aromatic carbocycles. The lowest BCUT2D eigenvalue weighted by atomic mass is 9.85. The summed E-state index contributed by atoms with van der Waals surface area (Å²) in [6.45, 7) is 9.27. The van der Waals surface area contributed by atoms with Gasteiger partial charge in [0, 0.05) is 43.0 Å². The van der Waals surface area contributed by atoms with Crippen LogP contribution < -0.4 is 10.2 Å². The first-order valence-electron chi connectivity index (χ1n) is 9.42. The van der Waals surface area contributed by atoms with Gasteiger partial charge in [-0.15, -0.1) is 35.0 Å². The van der Waals surface area contributed by atoms with Crippen LogP contribution in [0, 0.1) is 5.41 Å². The van der Waals surface area contributed by atoms with Crippen LogP contribution >= 0.6 is 24.8 Å². The van der Waals surface area contributed by atoms with E-state index in [2.05, 4.69) is 56.4 Å². The van der Waals surface area contributed by atoms with Gasteiger partial charge in [-0.1, -0.05) is 26.8 Å². The number of nitrogens with zero attached hydrogens (tertiary/aromatic N) is 5. The van der Waals surface area contributed by atoms with Gasteiger partial charge in [0.25, 0.3) is 0 Å². The first-order valence-corrected chi connectivity index (χ1v) is 9.42. The number of nitrogens with one attached hydrogen (secondary N) is 2. The molecule has 1 saturated heterocycles. The second kappa shape index (κ2) is 9.59. The Morgan fingerprint density at radius 2 is 1.90 bits per heavy atom. The third kappa shape index (κ3) is 5.00. The van der Waals surface area contributed by atoms with Crippen LogP contribution in [0.25, 0.3) is 22.4 Å². The third-order valence-corrected chi connectivity index (χ3v) is 5.16. The number of rotatable bonds is 3. The van der Waals surface area contributed by atoms with Crippen molar-refractivity contribution in [1.29, 1.82) is 0 Å². The van der Waals surface area contributed by atoms with Crippen molar-refractivity contribution in [2.45, 2.75) is 26.8 Å². The monoisotopic (exact) mass is 451 g/mol. The fourth-order valence-corrected chi connectivity index (χ4v) is 3.39. The molecule has 3 heterocycles. The van der Waals surface area contributed by atoms with Gasteiger partial charge in [-0.05, 0) is 23.1 Å². The van der Waals surface area contributed by atoms with E-state index in [1.807, 2.05) is 12.1 Å². The van der Waals surface area contributed by atoms with Crippen LogP contribution in [0.15, 0.2) is 36.8 Å². The lowest BCUT2D eigenvalue weighted by molar-refractivity contribution is 0.252. The molecule has 4 rings (SSSR count). The van der Waals surface area contributed by atoms with Gasteiger partial charge in [0.2, 0.25) is 5.95 Å². The van der Waals surface area contributed by atoms with Crippen molar-refractivity contribution in [1.82, 2.24) is 30.7 Å². The molecule has 1 aliphatic rings. The molecule has 0 unspecified atom stereocenters. The highest BCUT2D eigenvalue weighted by atomic mass is 35.5.